The van der Waals surface area contributed by atoms with Gasteiger partial charge in [-0.25, -0.2) is 4.39 Å². The fourth-order valence-corrected chi connectivity index (χ4v) is 2.46. The van der Waals surface area contributed by atoms with E-state index in [2.05, 4.69) is 0 Å². The van der Waals surface area contributed by atoms with Crippen LogP contribution in [0, 0.1) is 17.7 Å². The maximum absolute atomic E-state index is 13.6. The molecule has 1 fully saturated rings. The number of aliphatic hydroxyl groups excluding tert-OH is 1. The third kappa shape index (κ3) is 3.79. The van der Waals surface area contributed by atoms with Gasteiger partial charge in [-0.3, -0.25) is 4.79 Å². The van der Waals surface area contributed by atoms with Crippen molar-refractivity contribution in [1.29, 1.82) is 0 Å². The average Bonchev–Trinajstić information content (AvgIpc) is 3.24. The third-order valence-electron chi connectivity index (χ3n) is 3.91. The standard InChI is InChI=1S/C16H22FNO2/c1-11(9-13-5-3-4-6-14(13)17)16(20)18(2)10-15(19)12-7-8-12/h3-6,11-12,15,19H,7-10H2,1-2H3. The topological polar surface area (TPSA) is 40.5 Å². The second-order valence-corrected chi connectivity index (χ2v) is 5.82. The van der Waals surface area contributed by atoms with Gasteiger partial charge in [-0.1, -0.05) is 25.1 Å². The molecular weight excluding hydrogens is 257 g/mol. The Bertz CT molecular complexity index is 473. The highest BCUT2D eigenvalue weighted by Crippen LogP contribution is 2.32. The molecular formula is C16H22FNO2. The first kappa shape index (κ1) is 15.0. The van der Waals surface area contributed by atoms with Gasteiger partial charge < -0.3 is 10.0 Å². The highest BCUT2D eigenvalue weighted by molar-refractivity contribution is 5.78. The summed E-state index contributed by atoms with van der Waals surface area (Å²) >= 11 is 0. The maximum Gasteiger partial charge on any atom is 0.225 e. The van der Waals surface area contributed by atoms with E-state index in [4.69, 9.17) is 0 Å². The lowest BCUT2D eigenvalue weighted by atomic mass is 9.99. The van der Waals surface area contributed by atoms with E-state index in [1.54, 1.807) is 37.1 Å². The molecule has 110 valence electrons. The molecule has 1 saturated carbocycles. The number of benzene rings is 1. The van der Waals surface area contributed by atoms with E-state index >= 15 is 0 Å². The van der Waals surface area contributed by atoms with Gasteiger partial charge in [0.1, 0.15) is 5.82 Å². The van der Waals surface area contributed by atoms with Crippen LogP contribution in [-0.2, 0) is 11.2 Å². The number of carbonyl (C=O) groups is 1. The number of carbonyl (C=O) groups excluding carboxylic acids is 1. The van der Waals surface area contributed by atoms with Crippen molar-refractivity contribution < 1.29 is 14.3 Å². The minimum absolute atomic E-state index is 0.0482. The molecule has 1 aromatic rings. The molecule has 3 nitrogen and oxygen atoms in total. The molecule has 1 aromatic carbocycles. The van der Waals surface area contributed by atoms with Crippen molar-refractivity contribution >= 4 is 5.91 Å². The van der Waals surface area contributed by atoms with Crippen LogP contribution in [0.25, 0.3) is 0 Å². The first-order valence-electron chi connectivity index (χ1n) is 7.15. The van der Waals surface area contributed by atoms with Gasteiger partial charge in [0, 0.05) is 19.5 Å². The zero-order chi connectivity index (χ0) is 14.7. The molecule has 4 heteroatoms. The van der Waals surface area contributed by atoms with E-state index in [0.29, 0.717) is 24.4 Å². The van der Waals surface area contributed by atoms with Gasteiger partial charge >= 0.3 is 0 Å². The SMILES string of the molecule is CC(Cc1ccccc1F)C(=O)N(C)CC(O)C1CC1. The van der Waals surface area contributed by atoms with Gasteiger partial charge in [-0.15, -0.1) is 0 Å². The Morgan fingerprint density at radius 2 is 2.10 bits per heavy atom. The van der Waals surface area contributed by atoms with E-state index in [1.165, 1.54) is 6.07 Å². The minimum Gasteiger partial charge on any atom is -0.391 e. The average molecular weight is 279 g/mol. The summed E-state index contributed by atoms with van der Waals surface area (Å²) in [6, 6.07) is 6.53. The lowest BCUT2D eigenvalue weighted by molar-refractivity contribution is -0.135. The summed E-state index contributed by atoms with van der Waals surface area (Å²) in [7, 11) is 1.70. The second-order valence-electron chi connectivity index (χ2n) is 5.82. The summed E-state index contributed by atoms with van der Waals surface area (Å²) in [4.78, 5) is 13.8. The Labute approximate surface area is 119 Å². The van der Waals surface area contributed by atoms with Crippen LogP contribution in [0.2, 0.25) is 0 Å². The number of halogens is 1. The zero-order valence-electron chi connectivity index (χ0n) is 12.1. The smallest absolute Gasteiger partial charge is 0.225 e. The van der Waals surface area contributed by atoms with Gasteiger partial charge in [0.15, 0.2) is 0 Å². The normalized spacial score (nSPS) is 17.6. The summed E-state index contributed by atoms with van der Waals surface area (Å²) in [6.07, 6.45) is 2.06. The number of aliphatic hydroxyl groups is 1. The molecule has 0 saturated heterocycles. The van der Waals surface area contributed by atoms with E-state index < -0.39 is 6.10 Å². The van der Waals surface area contributed by atoms with Crippen molar-refractivity contribution in [1.82, 2.24) is 4.90 Å². The molecule has 0 aliphatic heterocycles. The number of likely N-dealkylation sites (N-methyl/N-ethyl adjacent to an activating group) is 1. The zero-order valence-corrected chi connectivity index (χ0v) is 12.1. The number of hydrogen-bond donors (Lipinski definition) is 1. The number of rotatable bonds is 6. The Morgan fingerprint density at radius 1 is 1.45 bits per heavy atom. The molecule has 0 spiro atoms. The summed E-state index contributed by atoms with van der Waals surface area (Å²) in [6.45, 7) is 2.17. The van der Waals surface area contributed by atoms with Crippen molar-refractivity contribution in [2.24, 2.45) is 11.8 Å². The predicted octanol–water partition coefficient (Wildman–Crippen LogP) is 2.23. The van der Waals surface area contributed by atoms with Crippen molar-refractivity contribution in [3.05, 3.63) is 35.6 Å². The Hall–Kier alpha value is -1.42. The van der Waals surface area contributed by atoms with Crippen LogP contribution in [0.1, 0.15) is 25.3 Å². The Kier molecular flexibility index (Phi) is 4.76. The molecule has 20 heavy (non-hydrogen) atoms. The van der Waals surface area contributed by atoms with Crippen LogP contribution in [0.3, 0.4) is 0 Å². The lowest BCUT2D eigenvalue weighted by Crippen LogP contribution is -2.38. The van der Waals surface area contributed by atoms with Gasteiger partial charge in [0.25, 0.3) is 0 Å². The second kappa shape index (κ2) is 6.35. The molecule has 2 rings (SSSR count). The van der Waals surface area contributed by atoms with Gasteiger partial charge in [-0.05, 0) is 36.8 Å². The largest absolute Gasteiger partial charge is 0.391 e. The van der Waals surface area contributed by atoms with Crippen LogP contribution in [0.15, 0.2) is 24.3 Å². The van der Waals surface area contributed by atoms with Crippen molar-refractivity contribution in [2.45, 2.75) is 32.3 Å². The fourth-order valence-electron chi connectivity index (χ4n) is 2.46. The van der Waals surface area contributed by atoms with E-state index in [9.17, 15) is 14.3 Å². The molecule has 1 aliphatic rings. The molecule has 0 radical (unpaired) electrons. The summed E-state index contributed by atoms with van der Waals surface area (Å²) in [5.74, 6) is -0.254. The number of amides is 1. The van der Waals surface area contributed by atoms with Crippen LogP contribution in [0.5, 0.6) is 0 Å². The molecule has 1 aliphatic carbocycles. The van der Waals surface area contributed by atoms with E-state index in [-0.39, 0.29) is 17.6 Å². The summed E-state index contributed by atoms with van der Waals surface area (Å²) in [5.41, 5.74) is 0.560. The van der Waals surface area contributed by atoms with Gasteiger partial charge in [0.2, 0.25) is 5.91 Å². The Balaban J connectivity index is 1.89. The summed E-state index contributed by atoms with van der Waals surface area (Å²) < 4.78 is 13.6. The quantitative estimate of drug-likeness (QED) is 0.867. The minimum atomic E-state index is -0.426. The van der Waals surface area contributed by atoms with Gasteiger partial charge in [-0.2, -0.15) is 0 Å². The molecule has 0 bridgehead atoms. The third-order valence-corrected chi connectivity index (χ3v) is 3.91. The summed E-state index contributed by atoms with van der Waals surface area (Å²) in [5, 5.41) is 9.87. The molecule has 0 aromatic heterocycles. The highest BCUT2D eigenvalue weighted by Gasteiger charge is 2.31. The predicted molar refractivity (Wildman–Crippen MR) is 75.6 cm³/mol. The molecule has 1 N–H and O–H groups in total. The fraction of sp³-hybridized carbons (Fsp3) is 0.562. The first-order chi connectivity index (χ1) is 9.49. The number of hydrogen-bond acceptors (Lipinski definition) is 2. The van der Waals surface area contributed by atoms with Crippen molar-refractivity contribution in [2.75, 3.05) is 13.6 Å². The van der Waals surface area contributed by atoms with Crippen molar-refractivity contribution in [3.63, 3.8) is 0 Å². The van der Waals surface area contributed by atoms with Crippen LogP contribution >= 0.6 is 0 Å². The lowest BCUT2D eigenvalue weighted by Gasteiger charge is -2.24. The van der Waals surface area contributed by atoms with E-state index in [0.717, 1.165) is 12.8 Å². The maximum atomic E-state index is 13.6. The Morgan fingerprint density at radius 3 is 2.70 bits per heavy atom. The van der Waals surface area contributed by atoms with Crippen LogP contribution in [-0.4, -0.2) is 35.6 Å². The molecule has 2 unspecified atom stereocenters. The number of nitrogens with zero attached hydrogens (tertiary/aromatic N) is 1. The molecule has 2 atom stereocenters. The highest BCUT2D eigenvalue weighted by atomic mass is 19.1. The first-order valence-corrected chi connectivity index (χ1v) is 7.15. The van der Waals surface area contributed by atoms with E-state index in [1.807, 2.05) is 0 Å². The molecule has 0 heterocycles. The van der Waals surface area contributed by atoms with Crippen LogP contribution in [0.4, 0.5) is 4.39 Å². The van der Waals surface area contributed by atoms with Crippen molar-refractivity contribution in [3.8, 4) is 0 Å². The van der Waals surface area contributed by atoms with Gasteiger partial charge in [0.05, 0.1) is 6.10 Å². The molecule has 1 amide bonds. The van der Waals surface area contributed by atoms with Crippen LogP contribution < -0.4 is 0 Å². The monoisotopic (exact) mass is 279 g/mol.